The maximum Gasteiger partial charge on any atom is 0.259 e. The smallest absolute Gasteiger partial charge is 0.259 e. The lowest BCUT2D eigenvalue weighted by molar-refractivity contribution is -0.125. The minimum atomic E-state index is -0.753. The molecule has 3 heterocycles. The second-order valence-corrected chi connectivity index (χ2v) is 10.5. The molecule has 2 aliphatic heterocycles. The van der Waals surface area contributed by atoms with Gasteiger partial charge in [0.25, 0.3) is 5.91 Å². The summed E-state index contributed by atoms with van der Waals surface area (Å²) in [6.45, 7) is 2.42. The average Bonchev–Trinajstić information content (AvgIpc) is 3.61. The quantitative estimate of drug-likeness (QED) is 0.383. The molecule has 11 heteroatoms. The van der Waals surface area contributed by atoms with Gasteiger partial charge in [-0.25, -0.2) is 14.3 Å². The molecule has 9 nitrogen and oxygen atoms in total. The van der Waals surface area contributed by atoms with Crippen LogP contribution >= 0.6 is 11.8 Å². The zero-order valence-corrected chi connectivity index (χ0v) is 22.6. The molecule has 0 aliphatic carbocycles. The predicted molar refractivity (Wildman–Crippen MR) is 150 cm³/mol. The number of hydrogen-bond donors (Lipinski definition) is 2. The number of thioether (sulfide) groups is 1. The standard InChI is InChI=1S/C29H28FN5O4S/c1-2-24(27(37)32-17-20-6-5-15-39-20)40-29-34-22-8-4-3-7-21(22)26-33-23(28(38)35(26)29)13-14-25(36)31-16-18-9-11-19(30)12-10-18/h3-12,15,23-24H,2,13-14,16-17H2,1H3,(H,31,36)(H,32,37)/t23-,24-/m0/s1. The Morgan fingerprint density at radius 1 is 1.07 bits per heavy atom. The minimum absolute atomic E-state index is 0.0935. The summed E-state index contributed by atoms with van der Waals surface area (Å²) in [4.78, 5) is 49.9. The number of aliphatic imine (C=N–C) groups is 2. The summed E-state index contributed by atoms with van der Waals surface area (Å²) in [7, 11) is 0. The lowest BCUT2D eigenvalue weighted by Gasteiger charge is -2.27. The number of fused-ring (bicyclic) bond motifs is 3. The summed E-state index contributed by atoms with van der Waals surface area (Å²) in [5.41, 5.74) is 2.16. The zero-order chi connectivity index (χ0) is 28.1. The number of halogens is 1. The Hall–Kier alpha value is -4.25. The number of furan rings is 1. The first-order valence-electron chi connectivity index (χ1n) is 13.0. The third-order valence-electron chi connectivity index (χ3n) is 6.52. The molecule has 0 saturated carbocycles. The molecule has 5 rings (SSSR count). The Labute approximate surface area is 234 Å². The molecule has 2 aromatic carbocycles. The fraction of sp³-hybridized carbons (Fsp3) is 0.276. The normalized spacial score (nSPS) is 16.5. The van der Waals surface area contributed by atoms with E-state index in [0.717, 1.165) is 11.1 Å². The van der Waals surface area contributed by atoms with Crippen LogP contribution in [0.15, 0.2) is 81.3 Å². The van der Waals surface area contributed by atoms with Crippen molar-refractivity contribution in [2.24, 2.45) is 9.98 Å². The van der Waals surface area contributed by atoms with Gasteiger partial charge < -0.3 is 15.1 Å². The third kappa shape index (κ3) is 6.15. The summed E-state index contributed by atoms with van der Waals surface area (Å²) in [6, 6.07) is 16.1. The van der Waals surface area contributed by atoms with Gasteiger partial charge in [-0.1, -0.05) is 43.0 Å². The molecule has 3 aromatic rings. The number of carbonyl (C=O) groups is 3. The highest BCUT2D eigenvalue weighted by molar-refractivity contribution is 8.15. The Kier molecular flexibility index (Phi) is 8.40. The highest BCUT2D eigenvalue weighted by Crippen LogP contribution is 2.35. The van der Waals surface area contributed by atoms with Gasteiger partial charge in [0.15, 0.2) is 5.17 Å². The fourth-order valence-corrected chi connectivity index (χ4v) is 5.42. The largest absolute Gasteiger partial charge is 0.467 e. The molecule has 0 bridgehead atoms. The van der Waals surface area contributed by atoms with E-state index in [9.17, 15) is 18.8 Å². The van der Waals surface area contributed by atoms with Crippen LogP contribution < -0.4 is 10.6 Å². The van der Waals surface area contributed by atoms with Crippen LogP contribution in [0, 0.1) is 5.82 Å². The van der Waals surface area contributed by atoms with Crippen LogP contribution in [-0.4, -0.2) is 44.9 Å². The molecular weight excluding hydrogens is 533 g/mol. The van der Waals surface area contributed by atoms with Crippen LogP contribution in [-0.2, 0) is 27.5 Å². The van der Waals surface area contributed by atoms with Gasteiger partial charge in [-0.2, -0.15) is 0 Å². The van der Waals surface area contributed by atoms with E-state index in [1.54, 1.807) is 30.5 Å². The van der Waals surface area contributed by atoms with Crippen molar-refractivity contribution in [3.8, 4) is 0 Å². The van der Waals surface area contributed by atoms with Gasteiger partial charge in [0.1, 0.15) is 23.5 Å². The SMILES string of the molecule is CC[C@H](SC1=Nc2ccccc2C2=N[C@@H](CCC(=O)NCc3ccc(F)cc3)C(=O)N12)C(=O)NCc1ccco1. The molecular formula is C29H28FN5O4S. The number of nitrogens with zero attached hydrogens (tertiary/aromatic N) is 3. The van der Waals surface area contributed by atoms with Gasteiger partial charge in [0.2, 0.25) is 11.8 Å². The maximum atomic E-state index is 13.5. The van der Waals surface area contributed by atoms with E-state index in [2.05, 4.69) is 10.6 Å². The first-order chi connectivity index (χ1) is 19.4. The van der Waals surface area contributed by atoms with E-state index >= 15 is 0 Å². The van der Waals surface area contributed by atoms with Crippen molar-refractivity contribution < 1.29 is 23.2 Å². The van der Waals surface area contributed by atoms with E-state index in [0.29, 0.717) is 28.9 Å². The van der Waals surface area contributed by atoms with E-state index in [-0.39, 0.29) is 49.5 Å². The maximum absolute atomic E-state index is 13.5. The highest BCUT2D eigenvalue weighted by Gasteiger charge is 2.42. The first-order valence-corrected chi connectivity index (χ1v) is 13.9. The van der Waals surface area contributed by atoms with Crippen molar-refractivity contribution in [1.82, 2.24) is 15.5 Å². The zero-order valence-electron chi connectivity index (χ0n) is 21.8. The van der Waals surface area contributed by atoms with E-state index in [4.69, 9.17) is 14.4 Å². The van der Waals surface area contributed by atoms with Crippen LogP contribution in [0.25, 0.3) is 0 Å². The number of hydrogen-bond acceptors (Lipinski definition) is 7. The van der Waals surface area contributed by atoms with Crippen LogP contribution in [0.5, 0.6) is 0 Å². The molecule has 2 atom stereocenters. The topological polar surface area (TPSA) is 116 Å². The Morgan fingerprint density at radius 3 is 2.62 bits per heavy atom. The third-order valence-corrected chi connectivity index (χ3v) is 7.84. The average molecular weight is 562 g/mol. The number of carbonyl (C=O) groups excluding carboxylic acids is 3. The van der Waals surface area contributed by atoms with Crippen LogP contribution in [0.2, 0.25) is 0 Å². The van der Waals surface area contributed by atoms with Crippen molar-refractivity contribution in [3.05, 3.63) is 89.6 Å². The molecule has 0 spiro atoms. The summed E-state index contributed by atoms with van der Waals surface area (Å²) in [5, 5.41) is 5.56. The van der Waals surface area contributed by atoms with Gasteiger partial charge in [-0.05, 0) is 54.8 Å². The Bertz CT molecular complexity index is 1460. The highest BCUT2D eigenvalue weighted by atomic mass is 32.2. The van der Waals surface area contributed by atoms with Crippen molar-refractivity contribution >= 4 is 46.2 Å². The summed E-state index contributed by atoms with van der Waals surface area (Å²) in [5.74, 6) is 0.0716. The van der Waals surface area contributed by atoms with Crippen LogP contribution in [0.3, 0.4) is 0 Å². The van der Waals surface area contributed by atoms with E-state index in [1.165, 1.54) is 28.8 Å². The number of para-hydroxylation sites is 1. The minimum Gasteiger partial charge on any atom is -0.467 e. The lowest BCUT2D eigenvalue weighted by Crippen LogP contribution is -2.43. The molecule has 0 fully saturated rings. The predicted octanol–water partition coefficient (Wildman–Crippen LogP) is 4.30. The Morgan fingerprint density at radius 2 is 1.88 bits per heavy atom. The van der Waals surface area contributed by atoms with Gasteiger partial charge >= 0.3 is 0 Å². The molecule has 0 saturated heterocycles. The van der Waals surface area contributed by atoms with E-state index in [1.807, 2.05) is 31.2 Å². The number of rotatable bonds is 10. The van der Waals surface area contributed by atoms with Gasteiger partial charge in [-0.15, -0.1) is 0 Å². The fourth-order valence-electron chi connectivity index (χ4n) is 4.38. The number of nitrogens with one attached hydrogen (secondary N) is 2. The van der Waals surface area contributed by atoms with Crippen molar-refractivity contribution in [2.75, 3.05) is 0 Å². The number of amides is 3. The first kappa shape index (κ1) is 27.3. The molecule has 3 amide bonds. The summed E-state index contributed by atoms with van der Waals surface area (Å²) in [6.07, 6.45) is 2.37. The van der Waals surface area contributed by atoms with Crippen molar-refractivity contribution in [1.29, 1.82) is 0 Å². The van der Waals surface area contributed by atoms with Crippen LogP contribution in [0.1, 0.15) is 43.1 Å². The molecule has 2 N–H and O–H groups in total. The van der Waals surface area contributed by atoms with Crippen molar-refractivity contribution in [3.63, 3.8) is 0 Å². The summed E-state index contributed by atoms with van der Waals surface area (Å²) < 4.78 is 18.4. The molecule has 0 radical (unpaired) electrons. The van der Waals surface area contributed by atoms with Crippen molar-refractivity contribution in [2.45, 2.75) is 50.6 Å². The molecule has 2 aliphatic rings. The van der Waals surface area contributed by atoms with E-state index < -0.39 is 11.3 Å². The monoisotopic (exact) mass is 561 g/mol. The Balaban J connectivity index is 1.26. The van der Waals surface area contributed by atoms with Gasteiger partial charge in [0.05, 0.1) is 23.7 Å². The van der Waals surface area contributed by atoms with Gasteiger partial charge in [-0.3, -0.25) is 19.4 Å². The molecule has 40 heavy (non-hydrogen) atoms. The molecule has 1 aromatic heterocycles. The lowest BCUT2D eigenvalue weighted by atomic mass is 10.1. The number of amidine groups is 2. The molecule has 206 valence electrons. The second kappa shape index (κ2) is 12.3. The molecule has 0 unspecified atom stereocenters. The summed E-state index contributed by atoms with van der Waals surface area (Å²) >= 11 is 1.21. The van der Waals surface area contributed by atoms with Crippen LogP contribution in [0.4, 0.5) is 10.1 Å². The van der Waals surface area contributed by atoms with Gasteiger partial charge in [0, 0.05) is 18.5 Å². The second-order valence-electron chi connectivity index (χ2n) is 9.31. The number of benzene rings is 2.